The highest BCUT2D eigenvalue weighted by molar-refractivity contribution is 6.30. The number of carboxylic acid groups (broad SMARTS) is 1. The molecule has 1 aromatic carbocycles. The average molecular weight is 503 g/mol. The van der Waals surface area contributed by atoms with E-state index < -0.39 is 18.2 Å². The zero-order chi connectivity index (χ0) is 25.1. The van der Waals surface area contributed by atoms with Gasteiger partial charge in [-0.1, -0.05) is 23.7 Å². The number of pyridine rings is 1. The molecule has 3 rings (SSSR count). The van der Waals surface area contributed by atoms with Crippen LogP contribution in [0, 0.1) is 5.92 Å². The van der Waals surface area contributed by atoms with Crippen LogP contribution in [0.5, 0.6) is 0 Å². The predicted molar refractivity (Wildman–Crippen MR) is 118 cm³/mol. The van der Waals surface area contributed by atoms with Gasteiger partial charge in [0.25, 0.3) is 5.91 Å². The second-order valence-electron chi connectivity index (χ2n) is 7.08. The average Bonchev–Trinajstić information content (AvgIpc) is 2.80. The lowest BCUT2D eigenvalue weighted by Crippen LogP contribution is -2.31. The first-order valence-electron chi connectivity index (χ1n) is 10.0. The molecule has 2 heterocycles. The highest BCUT2D eigenvalue weighted by Crippen LogP contribution is 2.19. The van der Waals surface area contributed by atoms with Crippen LogP contribution in [0.3, 0.4) is 0 Å². The number of alkyl halides is 3. The van der Waals surface area contributed by atoms with Crippen LogP contribution >= 0.6 is 11.6 Å². The van der Waals surface area contributed by atoms with Gasteiger partial charge in [0, 0.05) is 6.20 Å². The number of hydrogen-bond acceptors (Lipinski definition) is 6. The fraction of sp³-hybridized carbons (Fsp3) is 0.333. The van der Waals surface area contributed by atoms with Crippen LogP contribution in [0.2, 0.25) is 5.02 Å². The predicted octanol–water partition coefficient (Wildman–Crippen LogP) is 4.17. The zero-order valence-electron chi connectivity index (χ0n) is 17.7. The lowest BCUT2D eigenvalue weighted by Gasteiger charge is -2.22. The van der Waals surface area contributed by atoms with Crippen molar-refractivity contribution in [1.82, 2.24) is 10.3 Å². The monoisotopic (exact) mass is 502 g/mol. The van der Waals surface area contributed by atoms with Crippen LogP contribution in [0.4, 0.5) is 29.5 Å². The third-order valence-corrected chi connectivity index (χ3v) is 4.75. The van der Waals surface area contributed by atoms with E-state index in [0.29, 0.717) is 34.6 Å². The summed E-state index contributed by atoms with van der Waals surface area (Å²) in [7, 11) is 0. The lowest BCUT2D eigenvalue weighted by atomic mass is 9.99. The van der Waals surface area contributed by atoms with Gasteiger partial charge in [0.1, 0.15) is 5.82 Å². The van der Waals surface area contributed by atoms with E-state index in [-0.39, 0.29) is 5.91 Å². The van der Waals surface area contributed by atoms with E-state index in [1.165, 1.54) is 6.20 Å². The van der Waals surface area contributed by atoms with E-state index in [0.717, 1.165) is 25.9 Å². The van der Waals surface area contributed by atoms with Crippen molar-refractivity contribution in [3.63, 3.8) is 0 Å². The molecule has 0 radical (unpaired) electrons. The molecule has 9 nitrogen and oxygen atoms in total. The highest BCUT2D eigenvalue weighted by Gasteiger charge is 2.38. The molecule has 0 unspecified atom stereocenters. The van der Waals surface area contributed by atoms with Gasteiger partial charge >= 0.3 is 18.2 Å². The molecule has 1 fully saturated rings. The Bertz CT molecular complexity index is 983. The van der Waals surface area contributed by atoms with Crippen molar-refractivity contribution in [2.75, 3.05) is 30.3 Å². The molecule has 2 amide bonds. The van der Waals surface area contributed by atoms with Gasteiger partial charge in [0.2, 0.25) is 0 Å². The van der Waals surface area contributed by atoms with Gasteiger partial charge in [-0.2, -0.15) is 13.2 Å². The molecule has 1 saturated heterocycles. The maximum atomic E-state index is 12.5. The number of nitrogens with one attached hydrogen (secondary N) is 3. The summed E-state index contributed by atoms with van der Waals surface area (Å²) in [6.45, 7) is 2.26. The molecule has 0 atom stereocenters. The van der Waals surface area contributed by atoms with Crippen molar-refractivity contribution in [3.05, 3.63) is 53.2 Å². The number of aliphatic carboxylic acids is 1. The summed E-state index contributed by atoms with van der Waals surface area (Å²) in [5.41, 5.74) is 0.687. The van der Waals surface area contributed by atoms with Crippen LogP contribution in [-0.4, -0.2) is 53.9 Å². The number of para-hydroxylation sites is 1. The van der Waals surface area contributed by atoms with Gasteiger partial charge < -0.3 is 20.5 Å². The molecule has 0 bridgehead atoms. The molecule has 13 heteroatoms. The summed E-state index contributed by atoms with van der Waals surface area (Å²) >= 11 is 5.79. The standard InChI is InChI=1S/C19H21ClN4O3.C2HF3O2/c20-14-5-6-17(22-11-14)24-18(25)15-3-1-2-4-16(15)23-19(26)27-12-13-7-9-21-10-8-13;3-2(4,5)1(6)7/h1-6,11,13,21H,7-10,12H2,(H,23,26)(H,22,24,25);(H,6,7). The SMILES string of the molecule is O=C(Nc1ccccc1C(=O)Nc1ccc(Cl)cn1)OCC1CCNCC1.O=C(O)C(F)(F)F. The molecule has 1 aromatic heterocycles. The maximum absolute atomic E-state index is 12.5. The summed E-state index contributed by atoms with van der Waals surface area (Å²) in [5.74, 6) is -2.41. The molecule has 0 saturated carbocycles. The number of benzene rings is 1. The Balaban J connectivity index is 0.000000509. The van der Waals surface area contributed by atoms with Gasteiger partial charge in [-0.25, -0.2) is 14.6 Å². The fourth-order valence-electron chi connectivity index (χ4n) is 2.81. The second kappa shape index (κ2) is 12.8. The number of amides is 2. The molecule has 0 spiro atoms. The maximum Gasteiger partial charge on any atom is 0.490 e. The van der Waals surface area contributed by atoms with E-state index >= 15 is 0 Å². The van der Waals surface area contributed by atoms with E-state index in [1.807, 2.05) is 0 Å². The third kappa shape index (κ3) is 9.24. The van der Waals surface area contributed by atoms with Crippen LogP contribution in [0.15, 0.2) is 42.6 Å². The van der Waals surface area contributed by atoms with Gasteiger partial charge in [-0.15, -0.1) is 0 Å². The van der Waals surface area contributed by atoms with Gasteiger partial charge in [-0.05, 0) is 56.1 Å². The van der Waals surface area contributed by atoms with Crippen molar-refractivity contribution >= 4 is 41.1 Å². The molecule has 4 N–H and O–H groups in total. The Kier molecular flexibility index (Phi) is 10.1. The Morgan fingerprint density at radius 3 is 2.35 bits per heavy atom. The summed E-state index contributed by atoms with van der Waals surface area (Å²) in [6, 6.07) is 9.95. The molecule has 0 aliphatic carbocycles. The zero-order valence-corrected chi connectivity index (χ0v) is 18.4. The molecule has 184 valence electrons. The Morgan fingerprint density at radius 2 is 1.76 bits per heavy atom. The minimum atomic E-state index is -5.08. The molecule has 1 aliphatic rings. The number of aromatic nitrogens is 1. The number of anilines is 2. The number of piperidine rings is 1. The number of rotatable bonds is 5. The number of ether oxygens (including phenoxy) is 1. The lowest BCUT2D eigenvalue weighted by molar-refractivity contribution is -0.192. The van der Waals surface area contributed by atoms with E-state index in [9.17, 15) is 22.8 Å². The molecular weight excluding hydrogens is 481 g/mol. The summed E-state index contributed by atoms with van der Waals surface area (Å²) < 4.78 is 37.1. The molecule has 1 aliphatic heterocycles. The summed E-state index contributed by atoms with van der Waals surface area (Å²) in [6.07, 6.45) is -2.24. The van der Waals surface area contributed by atoms with E-state index in [2.05, 4.69) is 20.9 Å². The largest absolute Gasteiger partial charge is 0.490 e. The van der Waals surface area contributed by atoms with Crippen LogP contribution in [0.25, 0.3) is 0 Å². The number of carboxylic acids is 1. The van der Waals surface area contributed by atoms with Crippen molar-refractivity contribution in [2.24, 2.45) is 5.92 Å². The smallest absolute Gasteiger partial charge is 0.475 e. The van der Waals surface area contributed by atoms with Gasteiger partial charge in [0.15, 0.2) is 0 Å². The van der Waals surface area contributed by atoms with Crippen molar-refractivity contribution in [2.45, 2.75) is 19.0 Å². The number of carbonyl (C=O) groups excluding carboxylic acids is 2. The minimum absolute atomic E-state index is 0.313. The summed E-state index contributed by atoms with van der Waals surface area (Å²) in [5, 5.41) is 16.2. The van der Waals surface area contributed by atoms with Crippen molar-refractivity contribution < 1.29 is 37.4 Å². The van der Waals surface area contributed by atoms with Gasteiger partial charge in [-0.3, -0.25) is 10.1 Å². The van der Waals surface area contributed by atoms with Crippen LogP contribution < -0.4 is 16.0 Å². The Labute approximate surface area is 197 Å². The number of nitrogens with zero attached hydrogens (tertiary/aromatic N) is 1. The summed E-state index contributed by atoms with van der Waals surface area (Å²) in [4.78, 5) is 37.6. The second-order valence-corrected chi connectivity index (χ2v) is 7.52. The Morgan fingerprint density at radius 1 is 1.12 bits per heavy atom. The number of carbonyl (C=O) groups is 3. The van der Waals surface area contributed by atoms with Crippen molar-refractivity contribution in [3.8, 4) is 0 Å². The number of halogens is 4. The normalized spacial score (nSPS) is 13.8. The molecule has 2 aromatic rings. The quantitative estimate of drug-likeness (QED) is 0.483. The first-order chi connectivity index (χ1) is 16.1. The van der Waals surface area contributed by atoms with Crippen LogP contribution in [-0.2, 0) is 9.53 Å². The number of hydrogen-bond donors (Lipinski definition) is 4. The van der Waals surface area contributed by atoms with E-state index in [4.69, 9.17) is 26.2 Å². The fourth-order valence-corrected chi connectivity index (χ4v) is 2.92. The first kappa shape index (κ1) is 26.9. The Hall–Kier alpha value is -3.38. The van der Waals surface area contributed by atoms with E-state index in [1.54, 1.807) is 36.4 Å². The first-order valence-corrected chi connectivity index (χ1v) is 10.4. The topological polar surface area (TPSA) is 130 Å². The highest BCUT2D eigenvalue weighted by atomic mass is 35.5. The molecular formula is C21H22ClF3N4O5. The van der Waals surface area contributed by atoms with Gasteiger partial charge in [0.05, 0.1) is 22.9 Å². The molecule has 34 heavy (non-hydrogen) atoms. The van der Waals surface area contributed by atoms with Crippen LogP contribution in [0.1, 0.15) is 23.2 Å². The van der Waals surface area contributed by atoms with Crippen molar-refractivity contribution in [1.29, 1.82) is 0 Å². The third-order valence-electron chi connectivity index (χ3n) is 4.53. The minimum Gasteiger partial charge on any atom is -0.475 e.